The van der Waals surface area contributed by atoms with Gasteiger partial charge in [-0.05, 0) is 0 Å². The van der Waals surface area contributed by atoms with Gasteiger partial charge in [-0.3, -0.25) is 0 Å². The van der Waals surface area contributed by atoms with E-state index in [1.165, 1.54) is 0 Å². The van der Waals surface area contributed by atoms with Crippen molar-refractivity contribution in [3.8, 4) is 0 Å². The number of hydrogen-bond donors (Lipinski definition) is 1. The van der Waals surface area contributed by atoms with Gasteiger partial charge < -0.3 is 6.15 Å². The molecule has 4 heavy (non-hydrogen) atoms. The van der Waals surface area contributed by atoms with E-state index < -0.39 is 0 Å². The van der Waals surface area contributed by atoms with Crippen LogP contribution in [0.25, 0.3) is 0 Å². The Morgan fingerprint density at radius 1 is 1.25 bits per heavy atom. The summed E-state index contributed by atoms with van der Waals surface area (Å²) >= 11 is 4.43. The average molecular weight is 330 g/mol. The summed E-state index contributed by atoms with van der Waals surface area (Å²) in [7, 11) is 1.56. The van der Waals surface area contributed by atoms with Gasteiger partial charge in [0.15, 0.2) is 0 Å². The third-order valence-electron chi connectivity index (χ3n) is 0. The quantitative estimate of drug-likeness (QED) is 0.535. The van der Waals surface area contributed by atoms with E-state index in [4.69, 9.17) is 0 Å². The molecule has 0 spiro atoms. The molecule has 0 saturated carbocycles. The first-order valence-corrected chi connectivity index (χ1v) is 6.61. The summed E-state index contributed by atoms with van der Waals surface area (Å²) in [4.78, 5) is 0. The molecule has 0 aliphatic heterocycles. The summed E-state index contributed by atoms with van der Waals surface area (Å²) < 4.78 is 0. The Labute approximate surface area is 54.4 Å². The van der Waals surface area contributed by atoms with Gasteiger partial charge in [0.05, 0.1) is 0 Å². The average Bonchev–Trinajstić information content (AvgIpc) is 0.918. The van der Waals surface area contributed by atoms with Gasteiger partial charge in [0.25, 0.3) is 0 Å². The molecule has 0 fully saturated rings. The van der Waals surface area contributed by atoms with Crippen LogP contribution in [0.1, 0.15) is 0 Å². The van der Waals surface area contributed by atoms with Crippen molar-refractivity contribution in [2.45, 2.75) is 0 Å². The Bertz CT molecular complexity index is 6.00. The first-order valence-electron chi connectivity index (χ1n) is 0.239. The van der Waals surface area contributed by atoms with Crippen LogP contribution in [0.5, 0.6) is 0 Å². The van der Waals surface area contributed by atoms with Crippen molar-refractivity contribution < 1.29 is 8.07 Å². The maximum absolute atomic E-state index is 2.21. The number of rotatable bonds is 0. The van der Waals surface area contributed by atoms with Crippen molar-refractivity contribution in [3.63, 3.8) is 0 Å². The van der Waals surface area contributed by atoms with Crippen LogP contribution in [0.2, 0.25) is 0 Å². The molecule has 1 nitrogen and oxygen atoms in total. The topological polar surface area (TPSA) is 35.0 Å². The standard InChI is InChI=1S/2HI.H3N.Ni/h2*1H;1H3;/q;;;+2/p-2. The van der Waals surface area contributed by atoms with Crippen molar-refractivity contribution in [2.75, 3.05) is 0 Å². The fraction of sp³-hybridized carbons (Fsp3) is 0. The predicted octanol–water partition coefficient (Wildman–Crippen LogP) is 1.93. The van der Waals surface area contributed by atoms with Gasteiger partial charge in [-0.1, -0.05) is 0 Å². The zero-order valence-corrected chi connectivity index (χ0v) is 7.08. The van der Waals surface area contributed by atoms with E-state index in [0.29, 0.717) is 0 Å². The zero-order valence-electron chi connectivity index (χ0n) is 1.78. The van der Waals surface area contributed by atoms with Crippen molar-refractivity contribution >= 4 is 41.0 Å². The Morgan fingerprint density at radius 2 is 1.25 bits per heavy atom. The Balaban J connectivity index is 0. The number of hydrogen-bond acceptors (Lipinski definition) is 1. The molecule has 4 heteroatoms. The summed E-state index contributed by atoms with van der Waals surface area (Å²) in [6.45, 7) is 0. The summed E-state index contributed by atoms with van der Waals surface area (Å²) in [6, 6.07) is 0. The van der Waals surface area contributed by atoms with Crippen LogP contribution < -0.4 is 6.15 Å². The predicted molar refractivity (Wildman–Crippen MR) is 33.1 cm³/mol. The molecule has 0 aromatic carbocycles. The summed E-state index contributed by atoms with van der Waals surface area (Å²) in [5.41, 5.74) is 0. The number of halogens is 2. The van der Waals surface area contributed by atoms with E-state index in [1.807, 2.05) is 0 Å². The minimum absolute atomic E-state index is 0. The second-order valence-electron chi connectivity index (χ2n) is 0.0452. The molecule has 0 unspecified atom stereocenters. The summed E-state index contributed by atoms with van der Waals surface area (Å²) in [5.74, 6) is 0. The first-order chi connectivity index (χ1) is 1.41. The molecule has 0 aromatic rings. The Kier molecular flexibility index (Phi) is 20.7. The molecule has 3 N–H and O–H groups in total. The molecular formula is H3I2NNi. The molecule has 0 atom stereocenters. The van der Waals surface area contributed by atoms with Crippen LogP contribution in [0.4, 0.5) is 0 Å². The van der Waals surface area contributed by atoms with Crippen LogP contribution in [0.3, 0.4) is 0 Å². The Morgan fingerprint density at radius 3 is 1.25 bits per heavy atom. The van der Waals surface area contributed by atoms with Gasteiger partial charge in [0, 0.05) is 0 Å². The third kappa shape index (κ3) is 9.07. The molecule has 0 rings (SSSR count). The van der Waals surface area contributed by atoms with Gasteiger partial charge in [0.2, 0.25) is 0 Å². The molecule has 0 radical (unpaired) electrons. The van der Waals surface area contributed by atoms with E-state index in [2.05, 4.69) is 41.0 Å². The monoisotopic (exact) mass is 329 g/mol. The molecule has 32 valence electrons. The molecular weight excluding hydrogens is 327 g/mol. The fourth-order valence-corrected chi connectivity index (χ4v) is 0. The van der Waals surface area contributed by atoms with Crippen LogP contribution in [0.15, 0.2) is 0 Å². The maximum atomic E-state index is 2.21. The fourth-order valence-electron chi connectivity index (χ4n) is 0. The van der Waals surface area contributed by atoms with Crippen molar-refractivity contribution in [1.82, 2.24) is 6.15 Å². The van der Waals surface area contributed by atoms with Crippen molar-refractivity contribution in [3.05, 3.63) is 0 Å². The third-order valence-corrected chi connectivity index (χ3v) is 0. The molecule has 0 bridgehead atoms. The molecule has 0 saturated heterocycles. The van der Waals surface area contributed by atoms with Crippen molar-refractivity contribution in [2.24, 2.45) is 0 Å². The van der Waals surface area contributed by atoms with Gasteiger partial charge >= 0.3 is 49.0 Å². The summed E-state index contributed by atoms with van der Waals surface area (Å²) in [6.07, 6.45) is 0. The molecule has 0 aliphatic carbocycles. The van der Waals surface area contributed by atoms with E-state index >= 15 is 0 Å². The van der Waals surface area contributed by atoms with Gasteiger partial charge in [-0.25, -0.2) is 0 Å². The van der Waals surface area contributed by atoms with E-state index in [9.17, 15) is 0 Å². The first kappa shape index (κ1) is 9.32. The minimum atomic E-state index is 0. The Hall–Kier alpha value is 1.91. The zero-order chi connectivity index (χ0) is 2.71. The van der Waals surface area contributed by atoms with Gasteiger partial charge in [0.1, 0.15) is 0 Å². The second kappa shape index (κ2) is 8.87. The molecule has 0 heterocycles. The van der Waals surface area contributed by atoms with Gasteiger partial charge in [-0.15, -0.1) is 0 Å². The van der Waals surface area contributed by atoms with Crippen LogP contribution >= 0.6 is 41.0 Å². The van der Waals surface area contributed by atoms with Crippen LogP contribution in [-0.4, -0.2) is 0 Å². The molecule has 0 aliphatic rings. The molecule has 0 aromatic heterocycles. The van der Waals surface area contributed by atoms with Gasteiger partial charge in [-0.2, -0.15) is 0 Å². The van der Waals surface area contributed by atoms with Crippen LogP contribution in [-0.2, 0) is 8.07 Å². The second-order valence-corrected chi connectivity index (χ2v) is 8.38. The van der Waals surface area contributed by atoms with Crippen LogP contribution in [0, 0.1) is 0 Å². The normalized spacial score (nSPS) is 5.50. The molecule has 0 amide bonds. The van der Waals surface area contributed by atoms with E-state index in [0.717, 1.165) is 0 Å². The summed E-state index contributed by atoms with van der Waals surface area (Å²) in [5, 5.41) is 0. The van der Waals surface area contributed by atoms with E-state index in [-0.39, 0.29) is 6.15 Å². The van der Waals surface area contributed by atoms with Crippen molar-refractivity contribution in [1.29, 1.82) is 0 Å². The SMILES string of the molecule is N.[I][Ni][I]. The van der Waals surface area contributed by atoms with E-state index in [1.54, 1.807) is 8.07 Å².